The van der Waals surface area contributed by atoms with Gasteiger partial charge in [0.1, 0.15) is 11.6 Å². The molecular formula is C12H8ClN5OS. The van der Waals surface area contributed by atoms with Crippen LogP contribution in [0.3, 0.4) is 0 Å². The van der Waals surface area contributed by atoms with E-state index in [1.807, 2.05) is 0 Å². The standard InChI is InChI=1S/C12H8ClN5OS/c1-6-14-5-8-11(15-6)18-20-12(8)17-16-7-2-3-10(19)9(13)4-7/h2-5,19H,1H3/b17-16+. The molecule has 20 heavy (non-hydrogen) atoms. The number of benzene rings is 1. The molecular weight excluding hydrogens is 298 g/mol. The van der Waals surface area contributed by atoms with E-state index in [-0.39, 0.29) is 10.8 Å². The van der Waals surface area contributed by atoms with Crippen LogP contribution >= 0.6 is 23.1 Å². The molecule has 0 aliphatic heterocycles. The molecule has 0 aliphatic carbocycles. The molecule has 3 aromatic rings. The van der Waals surface area contributed by atoms with Gasteiger partial charge >= 0.3 is 0 Å². The van der Waals surface area contributed by atoms with Crippen LogP contribution in [0.2, 0.25) is 5.02 Å². The Morgan fingerprint density at radius 2 is 2.15 bits per heavy atom. The van der Waals surface area contributed by atoms with Crippen LogP contribution in [-0.4, -0.2) is 19.4 Å². The van der Waals surface area contributed by atoms with Crippen LogP contribution in [0.5, 0.6) is 5.75 Å². The lowest BCUT2D eigenvalue weighted by atomic mass is 10.3. The summed E-state index contributed by atoms with van der Waals surface area (Å²) in [5.41, 5.74) is 1.16. The van der Waals surface area contributed by atoms with E-state index in [9.17, 15) is 5.11 Å². The third-order valence-corrected chi connectivity index (χ3v) is 3.57. The van der Waals surface area contributed by atoms with Crippen molar-refractivity contribution in [3.05, 3.63) is 35.2 Å². The van der Waals surface area contributed by atoms with E-state index in [0.717, 1.165) is 5.39 Å². The van der Waals surface area contributed by atoms with Crippen LogP contribution < -0.4 is 0 Å². The lowest BCUT2D eigenvalue weighted by Gasteiger charge is -1.96. The van der Waals surface area contributed by atoms with Crippen LogP contribution in [0.25, 0.3) is 11.0 Å². The molecule has 1 aromatic carbocycles. The van der Waals surface area contributed by atoms with Crippen molar-refractivity contribution in [1.82, 2.24) is 14.3 Å². The van der Waals surface area contributed by atoms with Crippen molar-refractivity contribution in [2.24, 2.45) is 10.2 Å². The van der Waals surface area contributed by atoms with Crippen molar-refractivity contribution in [3.63, 3.8) is 0 Å². The lowest BCUT2D eigenvalue weighted by molar-refractivity contribution is 0.475. The van der Waals surface area contributed by atoms with Crippen LogP contribution in [0, 0.1) is 6.92 Å². The molecule has 2 heterocycles. The number of phenols is 1. The number of aryl methyl sites for hydroxylation is 1. The maximum absolute atomic E-state index is 9.33. The third-order valence-electron chi connectivity index (χ3n) is 2.53. The van der Waals surface area contributed by atoms with Gasteiger partial charge in [-0.15, -0.1) is 10.2 Å². The van der Waals surface area contributed by atoms with Gasteiger partial charge in [0.15, 0.2) is 10.6 Å². The van der Waals surface area contributed by atoms with Gasteiger partial charge in [-0.25, -0.2) is 9.97 Å². The zero-order valence-electron chi connectivity index (χ0n) is 10.3. The van der Waals surface area contributed by atoms with Crippen molar-refractivity contribution >= 4 is 44.9 Å². The Hall–Kier alpha value is -2.12. The van der Waals surface area contributed by atoms with Crippen molar-refractivity contribution in [1.29, 1.82) is 0 Å². The predicted octanol–water partition coefficient (Wildman–Crippen LogP) is 4.17. The Morgan fingerprint density at radius 1 is 1.30 bits per heavy atom. The van der Waals surface area contributed by atoms with Crippen LogP contribution in [0.15, 0.2) is 34.6 Å². The van der Waals surface area contributed by atoms with Crippen LogP contribution in [0.1, 0.15) is 5.82 Å². The number of nitrogens with zero attached hydrogens (tertiary/aromatic N) is 5. The Bertz CT molecular complexity index is 817. The van der Waals surface area contributed by atoms with Crippen LogP contribution in [0.4, 0.5) is 10.7 Å². The highest BCUT2D eigenvalue weighted by molar-refractivity contribution is 7.11. The highest BCUT2D eigenvalue weighted by Crippen LogP contribution is 2.32. The number of hydrogen-bond acceptors (Lipinski definition) is 7. The molecule has 0 unspecified atom stereocenters. The summed E-state index contributed by atoms with van der Waals surface area (Å²) in [6.45, 7) is 1.80. The minimum atomic E-state index is 0.0118. The van der Waals surface area contributed by atoms with Gasteiger partial charge in [0.25, 0.3) is 0 Å². The van der Waals surface area contributed by atoms with Crippen molar-refractivity contribution < 1.29 is 5.11 Å². The fraction of sp³-hybridized carbons (Fsp3) is 0.0833. The van der Waals surface area contributed by atoms with E-state index in [0.29, 0.717) is 22.2 Å². The van der Waals surface area contributed by atoms with E-state index >= 15 is 0 Å². The molecule has 0 atom stereocenters. The van der Waals surface area contributed by atoms with Crippen molar-refractivity contribution in [2.45, 2.75) is 6.92 Å². The minimum absolute atomic E-state index is 0.0118. The summed E-state index contributed by atoms with van der Waals surface area (Å²) < 4.78 is 4.19. The number of aromatic nitrogens is 3. The monoisotopic (exact) mass is 305 g/mol. The second-order valence-corrected chi connectivity index (χ2v) is 5.14. The third kappa shape index (κ3) is 2.45. The van der Waals surface area contributed by atoms with E-state index < -0.39 is 0 Å². The highest BCUT2D eigenvalue weighted by atomic mass is 35.5. The normalized spacial score (nSPS) is 11.5. The molecule has 0 fully saturated rings. The van der Waals surface area contributed by atoms with Gasteiger partial charge in [-0.2, -0.15) is 4.37 Å². The Balaban J connectivity index is 1.96. The van der Waals surface area contributed by atoms with Crippen LogP contribution in [-0.2, 0) is 0 Å². The number of halogens is 1. The maximum atomic E-state index is 9.33. The van der Waals surface area contributed by atoms with Gasteiger partial charge in [0.05, 0.1) is 16.1 Å². The second-order valence-electron chi connectivity index (χ2n) is 3.98. The summed E-state index contributed by atoms with van der Waals surface area (Å²) in [5, 5.41) is 19.1. The van der Waals surface area contributed by atoms with Gasteiger partial charge < -0.3 is 5.11 Å². The number of azo groups is 1. The van der Waals surface area contributed by atoms with Gasteiger partial charge in [0.2, 0.25) is 0 Å². The first-order chi connectivity index (χ1) is 9.63. The SMILES string of the molecule is Cc1ncc2c(/N=N/c3ccc(O)c(Cl)c3)snc2n1. The Labute approximate surface area is 123 Å². The number of phenolic OH excluding ortho intramolecular Hbond substituents is 1. The summed E-state index contributed by atoms with van der Waals surface area (Å²) in [6.07, 6.45) is 1.68. The summed E-state index contributed by atoms with van der Waals surface area (Å²) in [7, 11) is 0. The first kappa shape index (κ1) is 12.9. The Kier molecular flexibility index (Phi) is 3.29. The quantitative estimate of drug-likeness (QED) is 0.720. The number of rotatable bonds is 2. The summed E-state index contributed by atoms with van der Waals surface area (Å²) in [4.78, 5) is 8.33. The summed E-state index contributed by atoms with van der Waals surface area (Å²) in [6, 6.07) is 4.62. The van der Waals surface area contributed by atoms with Crippen molar-refractivity contribution in [2.75, 3.05) is 0 Å². The smallest absolute Gasteiger partial charge is 0.178 e. The molecule has 0 aliphatic rings. The fourth-order valence-corrected chi connectivity index (χ4v) is 2.35. The number of aromatic hydroxyl groups is 1. The molecule has 0 saturated heterocycles. The average Bonchev–Trinajstić information content (AvgIpc) is 2.82. The minimum Gasteiger partial charge on any atom is -0.506 e. The molecule has 2 aromatic heterocycles. The molecule has 0 radical (unpaired) electrons. The summed E-state index contributed by atoms with van der Waals surface area (Å²) in [5.74, 6) is 0.675. The molecule has 0 spiro atoms. The number of hydrogen-bond donors (Lipinski definition) is 1. The molecule has 0 amide bonds. The van der Waals surface area contributed by atoms with E-state index in [1.54, 1.807) is 19.2 Å². The number of fused-ring (bicyclic) bond motifs is 1. The first-order valence-electron chi connectivity index (χ1n) is 5.63. The van der Waals surface area contributed by atoms with E-state index in [4.69, 9.17) is 11.6 Å². The molecule has 6 nitrogen and oxygen atoms in total. The first-order valence-corrected chi connectivity index (χ1v) is 6.78. The highest BCUT2D eigenvalue weighted by Gasteiger charge is 2.07. The van der Waals surface area contributed by atoms with Crippen molar-refractivity contribution in [3.8, 4) is 5.75 Å². The molecule has 0 bridgehead atoms. The van der Waals surface area contributed by atoms with Gasteiger partial charge in [-0.3, -0.25) is 0 Å². The van der Waals surface area contributed by atoms with E-state index in [1.165, 1.54) is 23.7 Å². The molecule has 3 rings (SSSR count). The maximum Gasteiger partial charge on any atom is 0.178 e. The molecule has 0 saturated carbocycles. The van der Waals surface area contributed by atoms with Gasteiger partial charge in [-0.05, 0) is 36.7 Å². The largest absolute Gasteiger partial charge is 0.506 e. The molecule has 8 heteroatoms. The zero-order valence-corrected chi connectivity index (χ0v) is 11.9. The summed E-state index contributed by atoms with van der Waals surface area (Å²) >= 11 is 7.01. The average molecular weight is 306 g/mol. The molecule has 1 N–H and O–H groups in total. The van der Waals surface area contributed by atoms with Gasteiger partial charge in [0, 0.05) is 6.20 Å². The zero-order chi connectivity index (χ0) is 14.1. The topological polar surface area (TPSA) is 83.6 Å². The Morgan fingerprint density at radius 3 is 2.95 bits per heavy atom. The fourth-order valence-electron chi connectivity index (χ4n) is 1.55. The van der Waals surface area contributed by atoms with E-state index in [2.05, 4.69) is 24.6 Å². The lowest BCUT2D eigenvalue weighted by Crippen LogP contribution is -1.85. The predicted molar refractivity (Wildman–Crippen MR) is 77.2 cm³/mol. The van der Waals surface area contributed by atoms with Gasteiger partial charge in [-0.1, -0.05) is 11.6 Å². The molecule has 100 valence electrons. The second kappa shape index (κ2) is 5.10.